The molecule has 0 unspecified atom stereocenters. The molecule has 0 radical (unpaired) electrons. The summed E-state index contributed by atoms with van der Waals surface area (Å²) < 4.78 is 11.2. The molecule has 0 amide bonds. The van der Waals surface area contributed by atoms with Gasteiger partial charge in [0.1, 0.15) is 13.2 Å². The van der Waals surface area contributed by atoms with E-state index in [4.69, 9.17) is 21.1 Å². The molecule has 1 aromatic rings. The molecule has 0 aromatic heterocycles. The third-order valence-electron chi connectivity index (χ3n) is 4.65. The Morgan fingerprint density at radius 1 is 1.24 bits per heavy atom. The number of fused-ring (bicyclic) bond motifs is 1. The van der Waals surface area contributed by atoms with E-state index in [0.717, 1.165) is 30.4 Å². The standard InChI is InChI=1S/C16H19ClO4/c1-10-11(16(15(18)19)5-3-2-4-6-16)9-12-14(13(10)17)21-8-7-20-12/h9H,2-8H2,1H3,(H,18,19). The van der Waals surface area contributed by atoms with Crippen LogP contribution in [0, 0.1) is 6.92 Å². The van der Waals surface area contributed by atoms with Gasteiger partial charge in [-0.2, -0.15) is 0 Å². The van der Waals surface area contributed by atoms with Crippen molar-refractivity contribution in [3.63, 3.8) is 0 Å². The van der Waals surface area contributed by atoms with Gasteiger partial charge >= 0.3 is 5.97 Å². The van der Waals surface area contributed by atoms with E-state index in [1.165, 1.54) is 0 Å². The largest absolute Gasteiger partial charge is 0.486 e. The topological polar surface area (TPSA) is 55.8 Å². The molecule has 1 aromatic carbocycles. The van der Waals surface area contributed by atoms with Gasteiger partial charge in [0, 0.05) is 0 Å². The number of carboxylic acid groups (broad SMARTS) is 1. The molecule has 3 rings (SSSR count). The van der Waals surface area contributed by atoms with E-state index in [1.807, 2.05) is 13.0 Å². The van der Waals surface area contributed by atoms with E-state index in [2.05, 4.69) is 0 Å². The number of hydrogen-bond acceptors (Lipinski definition) is 3. The summed E-state index contributed by atoms with van der Waals surface area (Å²) in [6.45, 7) is 2.80. The molecule has 0 atom stereocenters. The van der Waals surface area contributed by atoms with Gasteiger partial charge in [0.25, 0.3) is 0 Å². The third kappa shape index (κ3) is 2.26. The Bertz CT molecular complexity index is 576. The summed E-state index contributed by atoms with van der Waals surface area (Å²) in [5.74, 6) is 0.344. The first-order chi connectivity index (χ1) is 10.1. The van der Waals surface area contributed by atoms with Crippen LogP contribution in [0.25, 0.3) is 0 Å². The molecule has 114 valence electrons. The highest BCUT2D eigenvalue weighted by molar-refractivity contribution is 6.33. The normalized spacial score (nSPS) is 20.1. The summed E-state index contributed by atoms with van der Waals surface area (Å²) >= 11 is 6.40. The van der Waals surface area contributed by atoms with Crippen molar-refractivity contribution in [2.45, 2.75) is 44.4 Å². The molecule has 1 saturated carbocycles. The minimum atomic E-state index is -0.845. The fraction of sp³-hybridized carbons (Fsp3) is 0.562. The van der Waals surface area contributed by atoms with Crippen LogP contribution in [-0.4, -0.2) is 24.3 Å². The monoisotopic (exact) mass is 310 g/mol. The lowest BCUT2D eigenvalue weighted by Crippen LogP contribution is -2.38. The number of rotatable bonds is 2. The maximum absolute atomic E-state index is 12.0. The Morgan fingerprint density at radius 2 is 1.90 bits per heavy atom. The van der Waals surface area contributed by atoms with Gasteiger partial charge in [-0.05, 0) is 37.0 Å². The van der Waals surface area contributed by atoms with Gasteiger partial charge in [0.05, 0.1) is 10.4 Å². The van der Waals surface area contributed by atoms with Gasteiger partial charge in [0.2, 0.25) is 0 Å². The first kappa shape index (κ1) is 14.5. The lowest BCUT2D eigenvalue weighted by Gasteiger charge is -2.36. The Labute approximate surface area is 129 Å². The molecule has 4 nitrogen and oxygen atoms in total. The minimum absolute atomic E-state index is 0.464. The zero-order chi connectivity index (χ0) is 15.0. The Balaban J connectivity index is 2.16. The summed E-state index contributed by atoms with van der Waals surface area (Å²) in [5.41, 5.74) is 0.733. The van der Waals surface area contributed by atoms with E-state index < -0.39 is 11.4 Å². The predicted molar refractivity (Wildman–Crippen MR) is 79.6 cm³/mol. The van der Waals surface area contributed by atoms with Gasteiger partial charge in [-0.1, -0.05) is 30.9 Å². The lowest BCUT2D eigenvalue weighted by molar-refractivity contribution is -0.145. The number of ether oxygens (including phenoxy) is 2. The molecule has 0 bridgehead atoms. The molecule has 1 fully saturated rings. The van der Waals surface area contributed by atoms with Crippen LogP contribution in [0.1, 0.15) is 43.2 Å². The molecule has 21 heavy (non-hydrogen) atoms. The first-order valence-corrected chi connectivity index (χ1v) is 7.76. The summed E-state index contributed by atoms with van der Waals surface area (Å²) in [6, 6.07) is 1.83. The van der Waals surface area contributed by atoms with Crippen molar-refractivity contribution in [3.8, 4) is 11.5 Å². The van der Waals surface area contributed by atoms with Crippen molar-refractivity contribution in [2.24, 2.45) is 0 Å². The minimum Gasteiger partial charge on any atom is -0.486 e. The molecule has 1 aliphatic carbocycles. The van der Waals surface area contributed by atoms with Crippen molar-refractivity contribution in [3.05, 3.63) is 22.2 Å². The van der Waals surface area contributed by atoms with Crippen molar-refractivity contribution in [1.29, 1.82) is 0 Å². The van der Waals surface area contributed by atoms with Crippen LogP contribution in [0.5, 0.6) is 11.5 Å². The van der Waals surface area contributed by atoms with E-state index in [9.17, 15) is 9.90 Å². The zero-order valence-corrected chi connectivity index (χ0v) is 12.8. The van der Waals surface area contributed by atoms with Crippen molar-refractivity contribution >= 4 is 17.6 Å². The van der Waals surface area contributed by atoms with Crippen LogP contribution in [0.3, 0.4) is 0 Å². The number of aliphatic carboxylic acids is 1. The number of halogens is 1. The van der Waals surface area contributed by atoms with Crippen molar-refractivity contribution in [2.75, 3.05) is 13.2 Å². The van der Waals surface area contributed by atoms with Crippen molar-refractivity contribution in [1.82, 2.24) is 0 Å². The summed E-state index contributed by atoms with van der Waals surface area (Å²) in [7, 11) is 0. The molecular formula is C16H19ClO4. The Morgan fingerprint density at radius 3 is 2.57 bits per heavy atom. The second-order valence-electron chi connectivity index (χ2n) is 5.84. The Kier molecular flexibility index (Phi) is 3.74. The summed E-state index contributed by atoms with van der Waals surface area (Å²) in [5, 5.41) is 10.3. The van der Waals surface area contributed by atoms with E-state index in [1.54, 1.807) is 0 Å². The zero-order valence-electron chi connectivity index (χ0n) is 12.1. The highest BCUT2D eigenvalue weighted by Crippen LogP contribution is 2.48. The predicted octanol–water partition coefficient (Wildman–Crippen LogP) is 3.71. The third-order valence-corrected chi connectivity index (χ3v) is 5.11. The van der Waals surface area contributed by atoms with E-state index in [0.29, 0.717) is 42.6 Å². The molecule has 1 heterocycles. The molecular weight excluding hydrogens is 292 g/mol. The number of hydrogen-bond donors (Lipinski definition) is 1. The van der Waals surface area contributed by atoms with Gasteiger partial charge in [-0.15, -0.1) is 0 Å². The van der Waals surface area contributed by atoms with Crippen LogP contribution in [0.15, 0.2) is 6.07 Å². The fourth-order valence-corrected chi connectivity index (χ4v) is 3.74. The second kappa shape index (κ2) is 5.41. The van der Waals surface area contributed by atoms with E-state index >= 15 is 0 Å². The SMILES string of the molecule is Cc1c(C2(C(=O)O)CCCCC2)cc2c(c1Cl)OCCO2. The maximum Gasteiger partial charge on any atom is 0.314 e. The van der Waals surface area contributed by atoms with Crippen molar-refractivity contribution < 1.29 is 19.4 Å². The van der Waals surface area contributed by atoms with Gasteiger partial charge < -0.3 is 14.6 Å². The smallest absolute Gasteiger partial charge is 0.314 e. The van der Waals surface area contributed by atoms with Crippen LogP contribution in [-0.2, 0) is 10.2 Å². The van der Waals surface area contributed by atoms with Gasteiger partial charge in [-0.25, -0.2) is 0 Å². The molecule has 0 spiro atoms. The summed E-state index contributed by atoms with van der Waals surface area (Å²) in [6.07, 6.45) is 4.25. The quantitative estimate of drug-likeness (QED) is 0.905. The van der Waals surface area contributed by atoms with E-state index in [-0.39, 0.29) is 0 Å². The number of benzene rings is 1. The second-order valence-corrected chi connectivity index (χ2v) is 6.21. The van der Waals surface area contributed by atoms with Crippen LogP contribution >= 0.6 is 11.6 Å². The van der Waals surface area contributed by atoms with Gasteiger partial charge in [-0.3, -0.25) is 4.79 Å². The fourth-order valence-electron chi connectivity index (χ4n) is 3.49. The van der Waals surface area contributed by atoms with Crippen LogP contribution in [0.4, 0.5) is 0 Å². The molecule has 1 N–H and O–H groups in total. The van der Waals surface area contributed by atoms with Crippen LogP contribution < -0.4 is 9.47 Å². The van der Waals surface area contributed by atoms with Gasteiger partial charge in [0.15, 0.2) is 11.5 Å². The maximum atomic E-state index is 12.0. The molecule has 5 heteroatoms. The number of carbonyl (C=O) groups is 1. The number of carboxylic acids is 1. The molecule has 1 aliphatic heterocycles. The van der Waals surface area contributed by atoms with Crippen LogP contribution in [0.2, 0.25) is 5.02 Å². The average molecular weight is 311 g/mol. The lowest BCUT2D eigenvalue weighted by atomic mass is 9.68. The highest BCUT2D eigenvalue weighted by atomic mass is 35.5. The summed E-state index contributed by atoms with van der Waals surface area (Å²) in [4.78, 5) is 12.0. The molecule has 0 saturated heterocycles. The highest BCUT2D eigenvalue weighted by Gasteiger charge is 2.43. The first-order valence-electron chi connectivity index (χ1n) is 7.39. The molecule has 2 aliphatic rings. The average Bonchev–Trinajstić information content (AvgIpc) is 2.51. The Hall–Kier alpha value is -1.42.